The first kappa shape index (κ1) is 7.41. The summed E-state index contributed by atoms with van der Waals surface area (Å²) in [5, 5.41) is 0. The third-order valence-corrected chi connectivity index (χ3v) is 1.44. The van der Waals surface area contributed by atoms with Gasteiger partial charge in [0.1, 0.15) is 18.6 Å². The van der Waals surface area contributed by atoms with Crippen LogP contribution in [0.15, 0.2) is 12.0 Å². The van der Waals surface area contributed by atoms with Gasteiger partial charge in [0.05, 0.1) is 13.7 Å². The second-order valence-electron chi connectivity index (χ2n) is 2.41. The number of likely N-dealkylation sites (N-methyl/N-ethyl adjacent to an activating group) is 1. The zero-order valence-corrected chi connectivity index (χ0v) is 6.46. The van der Waals surface area contributed by atoms with E-state index in [4.69, 9.17) is 9.47 Å². The third-order valence-electron chi connectivity index (χ3n) is 1.44. The van der Waals surface area contributed by atoms with E-state index in [0.717, 1.165) is 25.5 Å². The van der Waals surface area contributed by atoms with E-state index in [9.17, 15) is 0 Å². The Balaban J connectivity index is 2.39. The SMILES string of the molecule is CO/C=C1/CN(C)CCO1. The molecule has 0 spiro atoms. The highest BCUT2D eigenvalue weighted by atomic mass is 16.5. The number of hydrogen-bond acceptors (Lipinski definition) is 3. The molecule has 0 atom stereocenters. The van der Waals surface area contributed by atoms with Crippen LogP contribution in [0.3, 0.4) is 0 Å². The summed E-state index contributed by atoms with van der Waals surface area (Å²) < 4.78 is 10.1. The lowest BCUT2D eigenvalue weighted by Crippen LogP contribution is -2.31. The van der Waals surface area contributed by atoms with Gasteiger partial charge in [-0.05, 0) is 7.05 Å². The molecule has 0 N–H and O–H groups in total. The molecule has 0 aromatic heterocycles. The summed E-state index contributed by atoms with van der Waals surface area (Å²) >= 11 is 0. The van der Waals surface area contributed by atoms with E-state index in [0.29, 0.717) is 0 Å². The van der Waals surface area contributed by atoms with Gasteiger partial charge >= 0.3 is 0 Å². The van der Waals surface area contributed by atoms with Crippen molar-refractivity contribution in [2.45, 2.75) is 0 Å². The van der Waals surface area contributed by atoms with Crippen molar-refractivity contribution in [2.75, 3.05) is 33.9 Å². The highest BCUT2D eigenvalue weighted by Gasteiger charge is 2.10. The van der Waals surface area contributed by atoms with Crippen LogP contribution in [0.2, 0.25) is 0 Å². The highest BCUT2D eigenvalue weighted by molar-refractivity contribution is 4.93. The second kappa shape index (κ2) is 3.46. The monoisotopic (exact) mass is 143 g/mol. The van der Waals surface area contributed by atoms with Gasteiger partial charge in [-0.1, -0.05) is 0 Å². The van der Waals surface area contributed by atoms with Crippen LogP contribution < -0.4 is 0 Å². The molecule has 0 aromatic rings. The van der Waals surface area contributed by atoms with Crippen molar-refractivity contribution in [3.05, 3.63) is 12.0 Å². The smallest absolute Gasteiger partial charge is 0.144 e. The van der Waals surface area contributed by atoms with Gasteiger partial charge in [-0.2, -0.15) is 0 Å². The van der Waals surface area contributed by atoms with E-state index in [1.54, 1.807) is 13.4 Å². The molecule has 1 saturated heterocycles. The van der Waals surface area contributed by atoms with Gasteiger partial charge < -0.3 is 9.47 Å². The molecule has 0 radical (unpaired) electrons. The molecular formula is C7H13NO2. The average Bonchev–Trinajstić information content (AvgIpc) is 1.88. The summed E-state index contributed by atoms with van der Waals surface area (Å²) in [5.41, 5.74) is 0. The van der Waals surface area contributed by atoms with Gasteiger partial charge in [0.25, 0.3) is 0 Å². The first-order chi connectivity index (χ1) is 4.83. The number of morpholine rings is 1. The van der Waals surface area contributed by atoms with Gasteiger partial charge in [0.15, 0.2) is 0 Å². The van der Waals surface area contributed by atoms with Crippen molar-refractivity contribution in [2.24, 2.45) is 0 Å². The van der Waals surface area contributed by atoms with Gasteiger partial charge in [0.2, 0.25) is 0 Å². The summed E-state index contributed by atoms with van der Waals surface area (Å²) in [7, 11) is 3.69. The Labute approximate surface area is 61.2 Å². The minimum atomic E-state index is 0.770. The topological polar surface area (TPSA) is 21.7 Å². The number of nitrogens with zero attached hydrogens (tertiary/aromatic N) is 1. The molecule has 0 bridgehead atoms. The van der Waals surface area contributed by atoms with E-state index in [1.165, 1.54) is 0 Å². The molecule has 0 saturated carbocycles. The van der Waals surface area contributed by atoms with Crippen LogP contribution in [0, 0.1) is 0 Å². The zero-order chi connectivity index (χ0) is 7.40. The number of hydrogen-bond donors (Lipinski definition) is 0. The molecule has 1 heterocycles. The molecule has 0 aromatic carbocycles. The van der Waals surface area contributed by atoms with E-state index >= 15 is 0 Å². The van der Waals surface area contributed by atoms with E-state index in [-0.39, 0.29) is 0 Å². The minimum Gasteiger partial charge on any atom is -0.501 e. The van der Waals surface area contributed by atoms with Crippen LogP contribution >= 0.6 is 0 Å². The van der Waals surface area contributed by atoms with Crippen molar-refractivity contribution in [3.63, 3.8) is 0 Å². The van der Waals surface area contributed by atoms with Gasteiger partial charge in [0, 0.05) is 6.54 Å². The Morgan fingerprint density at radius 2 is 2.50 bits per heavy atom. The Morgan fingerprint density at radius 3 is 3.10 bits per heavy atom. The maximum Gasteiger partial charge on any atom is 0.144 e. The molecule has 1 aliphatic heterocycles. The zero-order valence-electron chi connectivity index (χ0n) is 6.46. The first-order valence-electron chi connectivity index (χ1n) is 3.36. The van der Waals surface area contributed by atoms with E-state index in [1.807, 2.05) is 0 Å². The Bertz CT molecular complexity index is 134. The molecule has 0 amide bonds. The van der Waals surface area contributed by atoms with E-state index < -0.39 is 0 Å². The number of methoxy groups -OCH3 is 1. The Kier molecular flexibility index (Phi) is 2.57. The summed E-state index contributed by atoms with van der Waals surface area (Å²) in [4.78, 5) is 2.19. The van der Waals surface area contributed by atoms with Crippen LogP contribution in [0.5, 0.6) is 0 Å². The predicted molar refractivity (Wildman–Crippen MR) is 38.5 cm³/mol. The van der Waals surface area contributed by atoms with Crippen LogP contribution in [0.4, 0.5) is 0 Å². The second-order valence-corrected chi connectivity index (χ2v) is 2.41. The van der Waals surface area contributed by atoms with Gasteiger partial charge in [-0.25, -0.2) is 0 Å². The lowest BCUT2D eigenvalue weighted by atomic mass is 10.4. The molecule has 10 heavy (non-hydrogen) atoms. The van der Waals surface area contributed by atoms with Crippen molar-refractivity contribution in [1.82, 2.24) is 4.90 Å². The summed E-state index contributed by atoms with van der Waals surface area (Å²) in [6.45, 7) is 2.63. The van der Waals surface area contributed by atoms with Crippen LogP contribution in [0.25, 0.3) is 0 Å². The highest BCUT2D eigenvalue weighted by Crippen LogP contribution is 2.05. The molecule has 1 fully saturated rings. The van der Waals surface area contributed by atoms with Crippen LogP contribution in [0.1, 0.15) is 0 Å². The quantitative estimate of drug-likeness (QED) is 0.497. The summed E-state index contributed by atoms with van der Waals surface area (Å²) in [6.07, 6.45) is 1.65. The third kappa shape index (κ3) is 1.92. The fraction of sp³-hybridized carbons (Fsp3) is 0.714. The summed E-state index contributed by atoms with van der Waals surface area (Å²) in [5.74, 6) is 0.913. The average molecular weight is 143 g/mol. The number of ether oxygens (including phenoxy) is 2. The molecule has 58 valence electrons. The Morgan fingerprint density at radius 1 is 1.70 bits per heavy atom. The van der Waals surface area contributed by atoms with Gasteiger partial charge in [-0.3, -0.25) is 4.90 Å². The first-order valence-corrected chi connectivity index (χ1v) is 3.36. The van der Waals surface area contributed by atoms with E-state index in [2.05, 4.69) is 11.9 Å². The lowest BCUT2D eigenvalue weighted by molar-refractivity contribution is 0.0998. The molecule has 0 aliphatic carbocycles. The van der Waals surface area contributed by atoms with Gasteiger partial charge in [-0.15, -0.1) is 0 Å². The molecule has 3 heteroatoms. The fourth-order valence-corrected chi connectivity index (χ4v) is 0.926. The molecular weight excluding hydrogens is 130 g/mol. The summed E-state index contributed by atoms with van der Waals surface area (Å²) in [6, 6.07) is 0. The normalized spacial score (nSPS) is 24.4. The Hall–Kier alpha value is -0.700. The van der Waals surface area contributed by atoms with Crippen molar-refractivity contribution in [1.29, 1.82) is 0 Å². The van der Waals surface area contributed by atoms with Crippen LogP contribution in [-0.2, 0) is 9.47 Å². The maximum atomic E-state index is 5.28. The maximum absolute atomic E-state index is 5.28. The minimum absolute atomic E-state index is 0.770. The molecule has 1 rings (SSSR count). The van der Waals surface area contributed by atoms with Crippen molar-refractivity contribution < 1.29 is 9.47 Å². The molecule has 1 aliphatic rings. The standard InChI is InChI=1S/C7H13NO2/c1-8-3-4-10-7(5-8)6-9-2/h6H,3-5H2,1-2H3/b7-6-. The number of rotatable bonds is 1. The fourth-order valence-electron chi connectivity index (χ4n) is 0.926. The molecule has 0 unspecified atom stereocenters. The molecule has 3 nitrogen and oxygen atoms in total. The van der Waals surface area contributed by atoms with Crippen molar-refractivity contribution in [3.8, 4) is 0 Å². The van der Waals surface area contributed by atoms with Crippen LogP contribution in [-0.4, -0.2) is 38.8 Å². The largest absolute Gasteiger partial charge is 0.501 e. The predicted octanol–water partition coefficient (Wildman–Crippen LogP) is 0.436. The van der Waals surface area contributed by atoms with Crippen molar-refractivity contribution >= 4 is 0 Å². The lowest BCUT2D eigenvalue weighted by Gasteiger charge is -2.24.